The number of rotatable bonds is 7. The fourth-order valence-electron chi connectivity index (χ4n) is 2.44. The Morgan fingerprint density at radius 1 is 1.18 bits per heavy atom. The van der Waals surface area contributed by atoms with Gasteiger partial charge in [-0.2, -0.15) is 0 Å². The predicted octanol–water partition coefficient (Wildman–Crippen LogP) is 2.83. The number of anilines is 1. The summed E-state index contributed by atoms with van der Waals surface area (Å²) in [5.41, 5.74) is 8.53. The zero-order valence-electron chi connectivity index (χ0n) is 13.2. The van der Waals surface area contributed by atoms with Gasteiger partial charge in [-0.1, -0.05) is 36.4 Å². The van der Waals surface area contributed by atoms with Crippen LogP contribution in [0.15, 0.2) is 48.5 Å². The van der Waals surface area contributed by atoms with E-state index in [9.17, 15) is 5.11 Å². The Morgan fingerprint density at radius 2 is 1.91 bits per heavy atom. The fourth-order valence-corrected chi connectivity index (χ4v) is 2.44. The second-order valence-corrected chi connectivity index (χ2v) is 5.53. The highest BCUT2D eigenvalue weighted by atomic mass is 16.5. The van der Waals surface area contributed by atoms with E-state index in [1.807, 2.05) is 24.3 Å². The van der Waals surface area contributed by atoms with E-state index in [0.29, 0.717) is 17.9 Å². The van der Waals surface area contributed by atoms with Crippen LogP contribution in [0, 0.1) is 0 Å². The number of ether oxygens (including phenoxy) is 1. The molecule has 1 atom stereocenters. The molecule has 0 radical (unpaired) electrons. The number of nitrogen functional groups attached to an aromatic ring is 1. The maximum Gasteiger partial charge on any atom is 0.141 e. The van der Waals surface area contributed by atoms with E-state index in [1.165, 1.54) is 5.56 Å². The van der Waals surface area contributed by atoms with Gasteiger partial charge in [0.15, 0.2) is 0 Å². The molecule has 1 unspecified atom stereocenters. The van der Waals surface area contributed by atoms with Crippen molar-refractivity contribution >= 4 is 5.69 Å². The monoisotopic (exact) mass is 300 g/mol. The van der Waals surface area contributed by atoms with Crippen molar-refractivity contribution in [3.8, 4) is 5.75 Å². The first kappa shape index (κ1) is 16.3. The molecule has 0 saturated heterocycles. The van der Waals surface area contributed by atoms with E-state index in [2.05, 4.69) is 24.1 Å². The first-order valence-electron chi connectivity index (χ1n) is 7.44. The molecule has 3 N–H and O–H groups in total. The van der Waals surface area contributed by atoms with E-state index >= 15 is 0 Å². The largest absolute Gasteiger partial charge is 0.495 e. The third kappa shape index (κ3) is 4.48. The molecule has 2 aromatic rings. The van der Waals surface area contributed by atoms with Crippen molar-refractivity contribution in [2.75, 3.05) is 26.4 Å². The highest BCUT2D eigenvalue weighted by Crippen LogP contribution is 2.26. The van der Waals surface area contributed by atoms with Gasteiger partial charge in [0.2, 0.25) is 0 Å². The summed E-state index contributed by atoms with van der Waals surface area (Å²) >= 11 is 0. The van der Waals surface area contributed by atoms with Crippen LogP contribution in [0.5, 0.6) is 5.75 Å². The van der Waals surface area contributed by atoms with Crippen molar-refractivity contribution in [2.24, 2.45) is 0 Å². The van der Waals surface area contributed by atoms with Gasteiger partial charge in [-0.05, 0) is 36.7 Å². The molecule has 118 valence electrons. The number of aliphatic hydroxyl groups excluding tert-OH is 1. The summed E-state index contributed by atoms with van der Waals surface area (Å²) in [6.07, 6.45) is 0.140. The van der Waals surface area contributed by atoms with Gasteiger partial charge in [-0.25, -0.2) is 0 Å². The van der Waals surface area contributed by atoms with Crippen molar-refractivity contribution in [2.45, 2.75) is 19.1 Å². The molecule has 4 heteroatoms. The van der Waals surface area contributed by atoms with E-state index < -0.39 is 6.10 Å². The van der Waals surface area contributed by atoms with E-state index in [0.717, 1.165) is 18.7 Å². The van der Waals surface area contributed by atoms with Crippen molar-refractivity contribution in [1.29, 1.82) is 0 Å². The average Bonchev–Trinajstić information content (AvgIpc) is 2.53. The second-order valence-electron chi connectivity index (χ2n) is 5.53. The third-order valence-corrected chi connectivity index (χ3v) is 3.72. The first-order chi connectivity index (χ1) is 10.6. The van der Waals surface area contributed by atoms with Crippen molar-refractivity contribution in [1.82, 2.24) is 4.90 Å². The number of aliphatic hydroxyl groups is 1. The Labute approximate surface area is 132 Å². The molecule has 0 bridgehead atoms. The maximum absolute atomic E-state index is 10.3. The molecule has 0 spiro atoms. The Morgan fingerprint density at radius 3 is 2.55 bits per heavy atom. The van der Waals surface area contributed by atoms with E-state index in [-0.39, 0.29) is 0 Å². The predicted molar refractivity (Wildman–Crippen MR) is 89.8 cm³/mol. The molecule has 0 heterocycles. The van der Waals surface area contributed by atoms with Crippen LogP contribution in [0.3, 0.4) is 0 Å². The summed E-state index contributed by atoms with van der Waals surface area (Å²) in [6, 6.07) is 15.7. The number of hydrogen-bond donors (Lipinski definition) is 2. The Bertz CT molecular complexity index is 587. The van der Waals surface area contributed by atoms with Crippen LogP contribution in [-0.2, 0) is 6.54 Å². The summed E-state index contributed by atoms with van der Waals surface area (Å²) < 4.78 is 5.13. The number of methoxy groups -OCH3 is 1. The summed E-state index contributed by atoms with van der Waals surface area (Å²) in [5, 5.41) is 10.3. The smallest absolute Gasteiger partial charge is 0.141 e. The standard InChI is InChI=1S/C18H24N2O2/c1-20(13-14-6-4-3-5-7-14)11-10-17(21)15-8-9-18(22-2)16(19)12-15/h3-9,12,17,21H,10-11,13,19H2,1-2H3. The molecule has 22 heavy (non-hydrogen) atoms. The van der Waals surface area contributed by atoms with Gasteiger partial charge in [0.25, 0.3) is 0 Å². The van der Waals surface area contributed by atoms with Gasteiger partial charge in [-0.15, -0.1) is 0 Å². The molecule has 0 amide bonds. The first-order valence-corrected chi connectivity index (χ1v) is 7.44. The van der Waals surface area contributed by atoms with Gasteiger partial charge in [0, 0.05) is 13.1 Å². The van der Waals surface area contributed by atoms with Crippen LogP contribution in [0.4, 0.5) is 5.69 Å². The van der Waals surface area contributed by atoms with Gasteiger partial charge >= 0.3 is 0 Å². The number of benzene rings is 2. The Balaban J connectivity index is 1.86. The lowest BCUT2D eigenvalue weighted by molar-refractivity contribution is 0.147. The van der Waals surface area contributed by atoms with Crippen LogP contribution in [0.25, 0.3) is 0 Å². The minimum absolute atomic E-state index is 0.522. The van der Waals surface area contributed by atoms with E-state index in [4.69, 9.17) is 10.5 Å². The molecule has 0 saturated carbocycles. The molecule has 2 aromatic carbocycles. The van der Waals surface area contributed by atoms with Crippen molar-refractivity contribution in [3.05, 3.63) is 59.7 Å². The summed E-state index contributed by atoms with van der Waals surface area (Å²) in [6.45, 7) is 1.68. The molecule has 0 aliphatic heterocycles. The molecule has 2 rings (SSSR count). The molecular formula is C18H24N2O2. The fraction of sp³-hybridized carbons (Fsp3) is 0.333. The van der Waals surface area contributed by atoms with Crippen LogP contribution < -0.4 is 10.5 Å². The van der Waals surface area contributed by atoms with Crippen LogP contribution >= 0.6 is 0 Å². The van der Waals surface area contributed by atoms with E-state index in [1.54, 1.807) is 19.2 Å². The number of nitrogens with two attached hydrogens (primary N) is 1. The molecule has 0 aliphatic carbocycles. The van der Waals surface area contributed by atoms with Crippen LogP contribution in [-0.4, -0.2) is 30.7 Å². The number of hydrogen-bond acceptors (Lipinski definition) is 4. The zero-order chi connectivity index (χ0) is 15.9. The highest BCUT2D eigenvalue weighted by molar-refractivity contribution is 5.54. The van der Waals surface area contributed by atoms with Crippen molar-refractivity contribution < 1.29 is 9.84 Å². The molecule has 4 nitrogen and oxygen atoms in total. The second kappa shape index (κ2) is 7.82. The van der Waals surface area contributed by atoms with Crippen LogP contribution in [0.2, 0.25) is 0 Å². The summed E-state index contributed by atoms with van der Waals surface area (Å²) in [5.74, 6) is 0.636. The molecule has 0 aromatic heterocycles. The lowest BCUT2D eigenvalue weighted by atomic mass is 10.1. The lowest BCUT2D eigenvalue weighted by Gasteiger charge is -2.19. The minimum Gasteiger partial charge on any atom is -0.495 e. The topological polar surface area (TPSA) is 58.7 Å². The molecule has 0 fully saturated rings. The van der Waals surface area contributed by atoms with Crippen molar-refractivity contribution in [3.63, 3.8) is 0 Å². The highest BCUT2D eigenvalue weighted by Gasteiger charge is 2.11. The lowest BCUT2D eigenvalue weighted by Crippen LogP contribution is -2.21. The quantitative estimate of drug-likeness (QED) is 0.772. The van der Waals surface area contributed by atoms with Gasteiger partial charge < -0.3 is 20.5 Å². The number of nitrogens with zero attached hydrogens (tertiary/aromatic N) is 1. The Hall–Kier alpha value is -2.04. The maximum atomic E-state index is 10.3. The van der Waals surface area contributed by atoms with Gasteiger partial charge in [0.1, 0.15) is 5.75 Å². The zero-order valence-corrected chi connectivity index (χ0v) is 13.2. The SMILES string of the molecule is COc1ccc(C(O)CCN(C)Cc2ccccc2)cc1N. The summed E-state index contributed by atoms with van der Waals surface area (Å²) in [7, 11) is 3.64. The average molecular weight is 300 g/mol. The Kier molecular flexibility index (Phi) is 5.81. The molecular weight excluding hydrogens is 276 g/mol. The summed E-state index contributed by atoms with van der Waals surface area (Å²) in [4.78, 5) is 2.20. The van der Waals surface area contributed by atoms with Gasteiger partial charge in [-0.3, -0.25) is 0 Å². The normalized spacial score (nSPS) is 12.4. The third-order valence-electron chi connectivity index (χ3n) is 3.72. The molecule has 0 aliphatic rings. The van der Waals surface area contributed by atoms with Crippen LogP contribution in [0.1, 0.15) is 23.7 Å². The minimum atomic E-state index is -0.522. The van der Waals surface area contributed by atoms with Gasteiger partial charge in [0.05, 0.1) is 18.9 Å².